The highest BCUT2D eigenvalue weighted by atomic mass is 16.5. The molecule has 0 radical (unpaired) electrons. The number of nitrogens with zero attached hydrogens (tertiary/aromatic N) is 2. The standard InChI is InChI=1S/C14H17N3O3/c1-18-10-6-9(7-11(8-10)19-2)13-16-14(20-17-13)12-4-3-5-15-12/h6-8,12,15H,3-5H2,1-2H3. The van der Waals surface area contributed by atoms with Gasteiger partial charge in [-0.15, -0.1) is 0 Å². The fourth-order valence-electron chi connectivity index (χ4n) is 2.33. The molecule has 3 rings (SSSR count). The van der Waals surface area contributed by atoms with Crippen molar-refractivity contribution in [2.45, 2.75) is 18.9 Å². The fraction of sp³-hybridized carbons (Fsp3) is 0.429. The van der Waals surface area contributed by atoms with Crippen LogP contribution in [0.2, 0.25) is 0 Å². The summed E-state index contributed by atoms with van der Waals surface area (Å²) < 4.78 is 15.8. The quantitative estimate of drug-likeness (QED) is 0.922. The molecule has 1 aliphatic heterocycles. The average Bonchev–Trinajstić information content (AvgIpc) is 3.17. The summed E-state index contributed by atoms with van der Waals surface area (Å²) in [4.78, 5) is 4.46. The van der Waals surface area contributed by atoms with Gasteiger partial charge in [-0.2, -0.15) is 4.98 Å². The van der Waals surface area contributed by atoms with E-state index in [-0.39, 0.29) is 6.04 Å². The lowest BCUT2D eigenvalue weighted by Crippen LogP contribution is -2.12. The maximum Gasteiger partial charge on any atom is 0.244 e. The highest BCUT2D eigenvalue weighted by molar-refractivity contribution is 5.60. The third kappa shape index (κ3) is 2.46. The lowest BCUT2D eigenvalue weighted by atomic mass is 10.2. The maximum atomic E-state index is 5.34. The highest BCUT2D eigenvalue weighted by Crippen LogP contribution is 2.29. The monoisotopic (exact) mass is 275 g/mol. The van der Waals surface area contributed by atoms with Gasteiger partial charge in [-0.05, 0) is 31.5 Å². The molecule has 20 heavy (non-hydrogen) atoms. The van der Waals surface area contributed by atoms with E-state index in [1.807, 2.05) is 18.2 Å². The number of hydrogen-bond acceptors (Lipinski definition) is 6. The Labute approximate surface area is 117 Å². The van der Waals surface area contributed by atoms with E-state index in [0.29, 0.717) is 23.2 Å². The Kier molecular flexibility index (Phi) is 3.56. The van der Waals surface area contributed by atoms with Gasteiger partial charge >= 0.3 is 0 Å². The summed E-state index contributed by atoms with van der Waals surface area (Å²) in [6, 6.07) is 5.70. The Bertz CT molecular complexity index is 569. The Morgan fingerprint density at radius 2 is 1.95 bits per heavy atom. The lowest BCUT2D eigenvalue weighted by molar-refractivity contribution is 0.345. The van der Waals surface area contributed by atoms with Crippen LogP contribution in [0.5, 0.6) is 11.5 Å². The van der Waals surface area contributed by atoms with Crippen molar-refractivity contribution in [3.05, 3.63) is 24.1 Å². The second-order valence-corrected chi connectivity index (χ2v) is 4.71. The minimum Gasteiger partial charge on any atom is -0.497 e. The minimum absolute atomic E-state index is 0.170. The molecule has 2 aromatic rings. The number of rotatable bonds is 4. The van der Waals surface area contributed by atoms with Crippen LogP contribution in [0.3, 0.4) is 0 Å². The molecule has 0 amide bonds. The molecule has 1 aromatic carbocycles. The van der Waals surface area contributed by atoms with E-state index < -0.39 is 0 Å². The van der Waals surface area contributed by atoms with Crippen molar-refractivity contribution in [2.24, 2.45) is 0 Å². The topological polar surface area (TPSA) is 69.4 Å². The van der Waals surface area contributed by atoms with Gasteiger partial charge in [0, 0.05) is 11.6 Å². The molecule has 1 fully saturated rings. The van der Waals surface area contributed by atoms with Crippen molar-refractivity contribution >= 4 is 0 Å². The predicted octanol–water partition coefficient (Wildman–Crippen LogP) is 2.18. The summed E-state index contributed by atoms with van der Waals surface area (Å²) in [6.07, 6.45) is 2.17. The molecule has 1 unspecified atom stereocenters. The summed E-state index contributed by atoms with van der Waals surface area (Å²) in [7, 11) is 3.23. The third-order valence-corrected chi connectivity index (χ3v) is 3.41. The van der Waals surface area contributed by atoms with Gasteiger partial charge in [0.05, 0.1) is 20.3 Å². The highest BCUT2D eigenvalue weighted by Gasteiger charge is 2.22. The number of hydrogen-bond donors (Lipinski definition) is 1. The first-order valence-corrected chi connectivity index (χ1v) is 6.60. The van der Waals surface area contributed by atoms with Crippen LogP contribution < -0.4 is 14.8 Å². The third-order valence-electron chi connectivity index (χ3n) is 3.41. The van der Waals surface area contributed by atoms with Crippen LogP contribution in [-0.4, -0.2) is 30.9 Å². The number of nitrogens with one attached hydrogen (secondary N) is 1. The normalized spacial score (nSPS) is 18.2. The first-order chi connectivity index (χ1) is 9.80. The molecule has 2 heterocycles. The molecular weight excluding hydrogens is 258 g/mol. The second kappa shape index (κ2) is 5.50. The van der Waals surface area contributed by atoms with E-state index >= 15 is 0 Å². The van der Waals surface area contributed by atoms with Gasteiger partial charge in [-0.25, -0.2) is 0 Å². The van der Waals surface area contributed by atoms with Gasteiger partial charge in [0.2, 0.25) is 11.7 Å². The Balaban J connectivity index is 1.92. The van der Waals surface area contributed by atoms with Crippen molar-refractivity contribution in [1.29, 1.82) is 0 Å². The number of aromatic nitrogens is 2. The fourth-order valence-corrected chi connectivity index (χ4v) is 2.33. The van der Waals surface area contributed by atoms with E-state index in [0.717, 1.165) is 24.9 Å². The lowest BCUT2D eigenvalue weighted by Gasteiger charge is -2.05. The van der Waals surface area contributed by atoms with E-state index in [9.17, 15) is 0 Å². The largest absolute Gasteiger partial charge is 0.497 e. The van der Waals surface area contributed by atoms with Crippen LogP contribution in [0, 0.1) is 0 Å². The zero-order valence-corrected chi connectivity index (χ0v) is 11.5. The Hall–Kier alpha value is -2.08. The maximum absolute atomic E-state index is 5.34. The van der Waals surface area contributed by atoms with Crippen molar-refractivity contribution in [3.63, 3.8) is 0 Å². The van der Waals surface area contributed by atoms with Crippen molar-refractivity contribution in [3.8, 4) is 22.9 Å². The molecule has 6 heteroatoms. The van der Waals surface area contributed by atoms with Crippen LogP contribution in [0.15, 0.2) is 22.7 Å². The molecule has 0 bridgehead atoms. The summed E-state index contributed by atoms with van der Waals surface area (Å²) in [5.74, 6) is 2.58. The predicted molar refractivity (Wildman–Crippen MR) is 72.8 cm³/mol. The molecular formula is C14H17N3O3. The summed E-state index contributed by atoms with van der Waals surface area (Å²) in [6.45, 7) is 0.995. The molecule has 1 aromatic heterocycles. The molecule has 1 N–H and O–H groups in total. The van der Waals surface area contributed by atoms with Gasteiger partial charge in [0.25, 0.3) is 0 Å². The Morgan fingerprint density at radius 1 is 1.20 bits per heavy atom. The first-order valence-electron chi connectivity index (χ1n) is 6.60. The van der Waals surface area contributed by atoms with Crippen molar-refractivity contribution in [1.82, 2.24) is 15.5 Å². The molecule has 0 saturated carbocycles. The second-order valence-electron chi connectivity index (χ2n) is 4.71. The molecule has 106 valence electrons. The van der Waals surface area contributed by atoms with E-state index in [1.165, 1.54) is 0 Å². The van der Waals surface area contributed by atoms with Gasteiger partial charge in [-0.1, -0.05) is 5.16 Å². The summed E-state index contributed by atoms with van der Waals surface area (Å²) >= 11 is 0. The number of benzene rings is 1. The minimum atomic E-state index is 0.170. The molecule has 6 nitrogen and oxygen atoms in total. The van der Waals surface area contributed by atoms with Gasteiger partial charge in [0.1, 0.15) is 11.5 Å². The summed E-state index contributed by atoms with van der Waals surface area (Å²) in [5, 5.41) is 7.38. The average molecular weight is 275 g/mol. The molecule has 0 aliphatic carbocycles. The SMILES string of the molecule is COc1cc(OC)cc(-c2noc(C3CCCN3)n2)c1. The van der Waals surface area contributed by atoms with Crippen molar-refractivity contribution in [2.75, 3.05) is 20.8 Å². The van der Waals surface area contributed by atoms with Crippen molar-refractivity contribution < 1.29 is 14.0 Å². The zero-order valence-electron chi connectivity index (χ0n) is 11.5. The van der Waals surface area contributed by atoms with Crippen LogP contribution in [0.25, 0.3) is 11.4 Å². The van der Waals surface area contributed by atoms with Crippen LogP contribution >= 0.6 is 0 Å². The molecule has 1 saturated heterocycles. The van der Waals surface area contributed by atoms with Crippen LogP contribution in [0.1, 0.15) is 24.8 Å². The Morgan fingerprint density at radius 3 is 2.55 bits per heavy atom. The molecule has 0 spiro atoms. The number of methoxy groups -OCH3 is 2. The molecule has 1 atom stereocenters. The van der Waals surface area contributed by atoms with Crippen LogP contribution in [0.4, 0.5) is 0 Å². The summed E-state index contributed by atoms with van der Waals surface area (Å²) in [5.41, 5.74) is 0.814. The zero-order chi connectivity index (χ0) is 13.9. The van der Waals surface area contributed by atoms with E-state index in [1.54, 1.807) is 14.2 Å². The molecule has 1 aliphatic rings. The first kappa shape index (κ1) is 12.9. The van der Waals surface area contributed by atoms with Crippen LogP contribution in [-0.2, 0) is 0 Å². The van der Waals surface area contributed by atoms with Gasteiger partial charge in [0.15, 0.2) is 0 Å². The number of ether oxygens (including phenoxy) is 2. The van der Waals surface area contributed by atoms with E-state index in [2.05, 4.69) is 15.5 Å². The smallest absolute Gasteiger partial charge is 0.244 e. The van der Waals surface area contributed by atoms with Gasteiger partial charge in [-0.3, -0.25) is 0 Å². The van der Waals surface area contributed by atoms with E-state index in [4.69, 9.17) is 14.0 Å². The van der Waals surface area contributed by atoms with Gasteiger partial charge < -0.3 is 19.3 Å².